The fourth-order valence-electron chi connectivity index (χ4n) is 2.48. The van der Waals surface area contributed by atoms with Gasteiger partial charge in [-0.05, 0) is 18.2 Å². The van der Waals surface area contributed by atoms with Crippen LogP contribution in [0.2, 0.25) is 0 Å². The number of fused-ring (bicyclic) bond motifs is 1. The monoisotopic (exact) mass is 384 g/mol. The predicted molar refractivity (Wildman–Crippen MR) is 89.7 cm³/mol. The number of halogens is 3. The molecule has 0 saturated heterocycles. The highest BCUT2D eigenvalue weighted by atomic mass is 32.2. The van der Waals surface area contributed by atoms with Gasteiger partial charge in [-0.25, -0.2) is 21.6 Å². The van der Waals surface area contributed by atoms with E-state index >= 15 is 0 Å². The largest absolute Gasteiger partial charge is 0.453 e. The summed E-state index contributed by atoms with van der Waals surface area (Å²) in [5.41, 5.74) is 8.10. The smallest absolute Gasteiger partial charge is 0.195 e. The maximum absolute atomic E-state index is 14.6. The molecule has 0 spiro atoms. The molecule has 4 N–H and O–H groups in total. The number of hydrogen-bond acceptors (Lipinski definition) is 6. The first-order valence-electron chi connectivity index (χ1n) is 7.02. The van der Waals surface area contributed by atoms with Gasteiger partial charge in [0.05, 0.1) is 16.8 Å². The molecule has 0 unspecified atom stereocenters. The van der Waals surface area contributed by atoms with Crippen molar-refractivity contribution in [2.24, 2.45) is 0 Å². The number of nitrogen functional groups attached to an aromatic ring is 2. The number of benzene rings is 2. The average molecular weight is 384 g/mol. The minimum atomic E-state index is -4.35. The summed E-state index contributed by atoms with van der Waals surface area (Å²) in [7, 11) is -4.35. The lowest BCUT2D eigenvalue weighted by molar-refractivity contribution is 0.505. The summed E-state index contributed by atoms with van der Waals surface area (Å²) >= 11 is 0. The fraction of sp³-hybridized carbons (Fsp3) is 0.0625. The van der Waals surface area contributed by atoms with Gasteiger partial charge in [0.1, 0.15) is 16.5 Å². The van der Waals surface area contributed by atoms with Gasteiger partial charge in [-0.1, -0.05) is 0 Å². The van der Waals surface area contributed by atoms with Crippen LogP contribution in [0.5, 0.6) is 0 Å². The number of sulfone groups is 1. The van der Waals surface area contributed by atoms with E-state index in [1.165, 1.54) is 12.1 Å². The van der Waals surface area contributed by atoms with E-state index in [2.05, 4.69) is 0 Å². The van der Waals surface area contributed by atoms with Gasteiger partial charge in [0, 0.05) is 17.9 Å². The fourth-order valence-corrected chi connectivity index (χ4v) is 3.34. The number of hydrogen-bond donors (Lipinski definition) is 2. The van der Waals surface area contributed by atoms with Gasteiger partial charge in [-0.15, -0.1) is 0 Å². The highest BCUT2D eigenvalue weighted by Crippen LogP contribution is 2.34. The quantitative estimate of drug-likeness (QED) is 0.656. The number of anilines is 2. The van der Waals surface area contributed by atoms with E-state index in [1.807, 2.05) is 0 Å². The molecule has 1 heterocycles. The molecule has 2 aromatic carbocycles. The third-order valence-electron chi connectivity index (χ3n) is 3.71. The highest BCUT2D eigenvalue weighted by Gasteiger charge is 2.28. The van der Waals surface area contributed by atoms with Crippen LogP contribution in [0, 0.1) is 17.5 Å². The van der Waals surface area contributed by atoms with Crippen LogP contribution in [0.3, 0.4) is 0 Å². The third-order valence-corrected chi connectivity index (χ3v) is 4.81. The summed E-state index contributed by atoms with van der Waals surface area (Å²) in [5, 5.41) is -0.646. The molecule has 0 bridgehead atoms. The molecule has 3 rings (SSSR count). The Kier molecular flexibility index (Phi) is 3.95. The molecule has 0 radical (unpaired) electrons. The molecule has 0 aliphatic carbocycles. The molecular formula is C16H11F3N2O4S. The van der Waals surface area contributed by atoms with Gasteiger partial charge >= 0.3 is 0 Å². The zero-order chi connectivity index (χ0) is 19.4. The minimum Gasteiger partial charge on any atom is -0.453 e. The van der Waals surface area contributed by atoms with E-state index in [4.69, 9.17) is 15.9 Å². The Bertz CT molecular complexity index is 1240. The van der Waals surface area contributed by atoms with Crippen molar-refractivity contribution in [3.8, 4) is 11.3 Å². The predicted octanol–water partition coefficient (Wildman–Crippen LogP) is 2.45. The Labute approximate surface area is 144 Å². The van der Waals surface area contributed by atoms with E-state index in [1.54, 1.807) is 0 Å². The lowest BCUT2D eigenvalue weighted by Crippen LogP contribution is -2.13. The molecule has 6 nitrogen and oxygen atoms in total. The van der Waals surface area contributed by atoms with Crippen LogP contribution >= 0.6 is 0 Å². The third kappa shape index (κ3) is 2.68. The zero-order valence-corrected chi connectivity index (χ0v) is 14.0. The Hall–Kier alpha value is -3.01. The minimum absolute atomic E-state index is 0.0407. The van der Waals surface area contributed by atoms with Gasteiger partial charge in [0.2, 0.25) is 0 Å². The van der Waals surface area contributed by atoms with Crippen molar-refractivity contribution in [1.82, 2.24) is 0 Å². The molecule has 0 fully saturated rings. The van der Waals surface area contributed by atoms with Crippen molar-refractivity contribution < 1.29 is 26.0 Å². The van der Waals surface area contributed by atoms with E-state index in [9.17, 15) is 26.4 Å². The molecule has 1 aromatic heterocycles. The second-order valence-corrected chi connectivity index (χ2v) is 7.51. The second-order valence-electron chi connectivity index (χ2n) is 5.56. The standard InChI is InChI=1S/C16H11F3N2O4S/c1-26(23,24)16-12(18)14(21)11-9(22)5-10(25-15(11)13(16)19)6-2-3-8(20)7(17)4-6/h2-5H,20-21H2,1H3. The molecule has 26 heavy (non-hydrogen) atoms. The summed E-state index contributed by atoms with van der Waals surface area (Å²) in [4.78, 5) is 11.0. The maximum Gasteiger partial charge on any atom is 0.195 e. The Balaban J connectivity index is 2.45. The first kappa shape index (κ1) is 17.8. The van der Waals surface area contributed by atoms with Crippen molar-refractivity contribution in [3.05, 3.63) is 51.9 Å². The van der Waals surface area contributed by atoms with Crippen LogP contribution in [0.15, 0.2) is 38.4 Å². The van der Waals surface area contributed by atoms with Crippen molar-refractivity contribution in [2.75, 3.05) is 17.7 Å². The molecule has 0 aliphatic rings. The van der Waals surface area contributed by atoms with Gasteiger partial charge < -0.3 is 15.9 Å². The molecule has 0 aliphatic heterocycles. The van der Waals surface area contributed by atoms with E-state index < -0.39 is 54.3 Å². The van der Waals surface area contributed by atoms with Crippen LogP contribution in [-0.4, -0.2) is 14.7 Å². The zero-order valence-electron chi connectivity index (χ0n) is 13.1. The Morgan fingerprint density at radius 1 is 1.04 bits per heavy atom. The summed E-state index contributed by atoms with van der Waals surface area (Å²) in [5.74, 6) is -4.24. The van der Waals surface area contributed by atoms with Crippen LogP contribution in [0.4, 0.5) is 24.5 Å². The van der Waals surface area contributed by atoms with E-state index in [-0.39, 0.29) is 17.0 Å². The summed E-state index contributed by atoms with van der Waals surface area (Å²) in [6.45, 7) is 0. The van der Waals surface area contributed by atoms with Crippen molar-refractivity contribution in [2.45, 2.75) is 4.90 Å². The van der Waals surface area contributed by atoms with E-state index in [0.717, 1.165) is 12.1 Å². The molecule has 0 atom stereocenters. The van der Waals surface area contributed by atoms with Crippen molar-refractivity contribution >= 4 is 32.2 Å². The summed E-state index contributed by atoms with van der Waals surface area (Å²) in [6, 6.07) is 4.32. The Morgan fingerprint density at radius 3 is 2.27 bits per heavy atom. The average Bonchev–Trinajstić information content (AvgIpc) is 2.53. The number of rotatable bonds is 2. The molecule has 136 valence electrons. The topological polar surface area (TPSA) is 116 Å². The van der Waals surface area contributed by atoms with Crippen LogP contribution in [0.1, 0.15) is 0 Å². The van der Waals surface area contributed by atoms with E-state index in [0.29, 0.717) is 6.26 Å². The number of nitrogens with two attached hydrogens (primary N) is 2. The molecular weight excluding hydrogens is 373 g/mol. The lowest BCUT2D eigenvalue weighted by atomic mass is 10.1. The first-order chi connectivity index (χ1) is 12.0. The van der Waals surface area contributed by atoms with Crippen molar-refractivity contribution in [3.63, 3.8) is 0 Å². The van der Waals surface area contributed by atoms with Crippen molar-refractivity contribution in [1.29, 1.82) is 0 Å². The van der Waals surface area contributed by atoms with Gasteiger partial charge in [-0.3, -0.25) is 4.79 Å². The second kappa shape index (κ2) is 5.77. The van der Waals surface area contributed by atoms with Gasteiger partial charge in [0.25, 0.3) is 0 Å². The van der Waals surface area contributed by atoms with Crippen LogP contribution < -0.4 is 16.9 Å². The molecule has 10 heteroatoms. The summed E-state index contributed by atoms with van der Waals surface area (Å²) in [6.07, 6.45) is 0.580. The Morgan fingerprint density at radius 2 is 1.69 bits per heavy atom. The van der Waals surface area contributed by atoms with Crippen LogP contribution in [-0.2, 0) is 9.84 Å². The van der Waals surface area contributed by atoms with Crippen LogP contribution in [0.25, 0.3) is 22.3 Å². The molecule has 0 saturated carbocycles. The molecule has 3 aromatic rings. The molecule has 0 amide bonds. The van der Waals surface area contributed by atoms with Gasteiger partial charge in [0.15, 0.2) is 32.5 Å². The van der Waals surface area contributed by atoms with Gasteiger partial charge in [-0.2, -0.15) is 0 Å². The highest BCUT2D eigenvalue weighted by molar-refractivity contribution is 7.90. The lowest BCUT2D eigenvalue weighted by Gasteiger charge is -2.11. The normalized spacial score (nSPS) is 11.8. The SMILES string of the molecule is CS(=O)(=O)c1c(F)c(N)c2c(=O)cc(-c3ccc(N)c(F)c3)oc2c1F. The maximum atomic E-state index is 14.6. The first-order valence-corrected chi connectivity index (χ1v) is 8.91. The summed E-state index contributed by atoms with van der Waals surface area (Å²) < 4.78 is 71.0.